The van der Waals surface area contributed by atoms with Gasteiger partial charge in [0.1, 0.15) is 5.82 Å². The van der Waals surface area contributed by atoms with Crippen LogP contribution in [0.2, 0.25) is 0 Å². The summed E-state index contributed by atoms with van der Waals surface area (Å²) in [4.78, 5) is 14.6. The van der Waals surface area contributed by atoms with E-state index in [4.69, 9.17) is 4.74 Å². The quantitative estimate of drug-likeness (QED) is 0.798. The monoisotopic (exact) mass is 357 g/mol. The molecule has 1 amide bonds. The van der Waals surface area contributed by atoms with Crippen LogP contribution in [0.15, 0.2) is 30.5 Å². The highest BCUT2D eigenvalue weighted by molar-refractivity contribution is 5.94. The van der Waals surface area contributed by atoms with Crippen LogP contribution in [-0.4, -0.2) is 40.3 Å². The van der Waals surface area contributed by atoms with Crippen molar-refractivity contribution < 1.29 is 13.9 Å². The number of carbonyl (C=O) groups is 1. The first kappa shape index (κ1) is 17.2. The number of halogens is 1. The van der Waals surface area contributed by atoms with Gasteiger partial charge in [-0.1, -0.05) is 6.07 Å². The summed E-state index contributed by atoms with van der Waals surface area (Å²) in [6, 6.07) is 5.88. The largest absolute Gasteiger partial charge is 0.381 e. The van der Waals surface area contributed by atoms with E-state index in [9.17, 15) is 9.18 Å². The minimum absolute atomic E-state index is 0.0949. The Balaban J connectivity index is 1.59. The first-order chi connectivity index (χ1) is 12.7. The number of benzene rings is 1. The van der Waals surface area contributed by atoms with Gasteiger partial charge in [-0.15, -0.1) is 0 Å². The Morgan fingerprint density at radius 3 is 2.96 bits per heavy atom. The average molecular weight is 357 g/mol. The second-order valence-corrected chi connectivity index (χ2v) is 7.23. The molecule has 1 saturated carbocycles. The molecule has 0 bridgehead atoms. The lowest BCUT2D eigenvalue weighted by molar-refractivity contribution is 0.0646. The molecule has 1 aromatic heterocycles. The maximum Gasteiger partial charge on any atom is 0.254 e. The van der Waals surface area contributed by atoms with Gasteiger partial charge in [-0.05, 0) is 43.9 Å². The molecule has 1 atom stereocenters. The molecule has 1 aliphatic carbocycles. The van der Waals surface area contributed by atoms with Gasteiger partial charge in [0.2, 0.25) is 0 Å². The van der Waals surface area contributed by atoms with Gasteiger partial charge in [-0.25, -0.2) is 4.39 Å². The van der Waals surface area contributed by atoms with Crippen molar-refractivity contribution in [3.63, 3.8) is 0 Å². The van der Waals surface area contributed by atoms with Crippen molar-refractivity contribution >= 4 is 5.91 Å². The van der Waals surface area contributed by atoms with E-state index in [1.807, 2.05) is 13.1 Å². The van der Waals surface area contributed by atoms with Gasteiger partial charge in [0.15, 0.2) is 0 Å². The zero-order valence-electron chi connectivity index (χ0n) is 15.0. The lowest BCUT2D eigenvalue weighted by atomic mass is 9.96. The summed E-state index contributed by atoms with van der Waals surface area (Å²) in [5.74, 6) is 0.291. The number of ether oxygens (including phenoxy) is 1. The van der Waals surface area contributed by atoms with E-state index in [1.165, 1.54) is 30.7 Å². The van der Waals surface area contributed by atoms with Crippen molar-refractivity contribution in [2.75, 3.05) is 19.8 Å². The summed E-state index contributed by atoms with van der Waals surface area (Å²) < 4.78 is 21.3. The standard InChI is InChI=1S/C20H24FN3O2/c1-2-26-13-17-12-23(20(25)15-4-3-5-18(21)8-15)11-16-9-22-24(19(16)17)10-14-6-7-14/h3-5,8-9,14,17H,2,6-7,10-13H2,1H3. The van der Waals surface area contributed by atoms with Gasteiger partial charge in [0.05, 0.1) is 18.5 Å². The van der Waals surface area contributed by atoms with E-state index in [2.05, 4.69) is 9.78 Å². The number of rotatable bonds is 6. The van der Waals surface area contributed by atoms with Crippen molar-refractivity contribution in [2.45, 2.75) is 38.8 Å². The fraction of sp³-hybridized carbons (Fsp3) is 0.500. The summed E-state index contributed by atoms with van der Waals surface area (Å²) in [7, 11) is 0. The first-order valence-electron chi connectivity index (χ1n) is 9.33. The minimum atomic E-state index is -0.392. The maximum atomic E-state index is 13.5. The van der Waals surface area contributed by atoms with E-state index < -0.39 is 5.82 Å². The van der Waals surface area contributed by atoms with Crippen molar-refractivity contribution in [1.82, 2.24) is 14.7 Å². The third kappa shape index (κ3) is 3.51. The third-order valence-corrected chi connectivity index (χ3v) is 5.16. The average Bonchev–Trinajstić information content (AvgIpc) is 3.37. The van der Waals surface area contributed by atoms with Crippen LogP contribution in [0.4, 0.5) is 4.39 Å². The van der Waals surface area contributed by atoms with Crippen molar-refractivity contribution in [2.24, 2.45) is 5.92 Å². The molecule has 138 valence electrons. The zero-order chi connectivity index (χ0) is 18.1. The smallest absolute Gasteiger partial charge is 0.254 e. The van der Waals surface area contributed by atoms with Crippen LogP contribution in [0.3, 0.4) is 0 Å². The predicted molar refractivity (Wildman–Crippen MR) is 95.3 cm³/mol. The molecule has 26 heavy (non-hydrogen) atoms. The summed E-state index contributed by atoms with van der Waals surface area (Å²) >= 11 is 0. The maximum absolute atomic E-state index is 13.5. The lowest BCUT2D eigenvalue weighted by Crippen LogP contribution is -2.40. The molecule has 0 N–H and O–H groups in total. The Morgan fingerprint density at radius 1 is 1.38 bits per heavy atom. The van der Waals surface area contributed by atoms with Crippen LogP contribution in [0.5, 0.6) is 0 Å². The second kappa shape index (κ2) is 7.19. The van der Waals surface area contributed by atoms with Crippen LogP contribution < -0.4 is 0 Å². The zero-order valence-corrected chi connectivity index (χ0v) is 15.0. The molecule has 5 nitrogen and oxygen atoms in total. The van der Waals surface area contributed by atoms with Gasteiger partial charge in [0.25, 0.3) is 5.91 Å². The van der Waals surface area contributed by atoms with E-state index in [1.54, 1.807) is 17.0 Å². The Labute approximate surface area is 152 Å². The van der Waals surface area contributed by atoms with E-state index >= 15 is 0 Å². The first-order valence-corrected chi connectivity index (χ1v) is 9.33. The predicted octanol–water partition coefficient (Wildman–Crippen LogP) is 3.21. The Morgan fingerprint density at radius 2 is 2.23 bits per heavy atom. The molecule has 0 saturated heterocycles. The summed E-state index contributed by atoms with van der Waals surface area (Å²) in [5.41, 5.74) is 2.66. The lowest BCUT2D eigenvalue weighted by Gasteiger charge is -2.33. The highest BCUT2D eigenvalue weighted by Crippen LogP contribution is 2.34. The van der Waals surface area contributed by atoms with Crippen LogP contribution in [0.1, 0.15) is 47.3 Å². The van der Waals surface area contributed by atoms with Crippen LogP contribution >= 0.6 is 0 Å². The molecule has 6 heteroatoms. The fourth-order valence-electron chi connectivity index (χ4n) is 3.69. The van der Waals surface area contributed by atoms with Crippen molar-refractivity contribution in [1.29, 1.82) is 0 Å². The Bertz CT molecular complexity index is 800. The second-order valence-electron chi connectivity index (χ2n) is 7.23. The van der Waals surface area contributed by atoms with E-state index in [0.29, 0.717) is 31.9 Å². The van der Waals surface area contributed by atoms with Gasteiger partial charge in [0, 0.05) is 43.3 Å². The van der Waals surface area contributed by atoms with Gasteiger partial charge < -0.3 is 9.64 Å². The Hall–Kier alpha value is -2.21. The molecule has 1 fully saturated rings. The fourth-order valence-corrected chi connectivity index (χ4v) is 3.69. The normalized spacial score (nSPS) is 19.5. The number of carbonyl (C=O) groups excluding carboxylic acids is 1. The number of fused-ring (bicyclic) bond motifs is 1. The number of amides is 1. The number of nitrogens with zero attached hydrogens (tertiary/aromatic N) is 3. The molecular weight excluding hydrogens is 333 g/mol. The topological polar surface area (TPSA) is 47.4 Å². The molecule has 1 aliphatic heterocycles. The molecule has 0 spiro atoms. The number of hydrogen-bond donors (Lipinski definition) is 0. The van der Waals surface area contributed by atoms with Crippen LogP contribution in [-0.2, 0) is 17.8 Å². The van der Waals surface area contributed by atoms with E-state index in [0.717, 1.165) is 18.0 Å². The van der Waals surface area contributed by atoms with E-state index in [-0.39, 0.29) is 11.8 Å². The molecule has 1 unspecified atom stereocenters. The van der Waals surface area contributed by atoms with Crippen LogP contribution in [0, 0.1) is 11.7 Å². The summed E-state index contributed by atoms with van der Waals surface area (Å²) in [6.45, 7) is 5.21. The molecular formula is C20H24FN3O2. The highest BCUT2D eigenvalue weighted by Gasteiger charge is 2.33. The van der Waals surface area contributed by atoms with Gasteiger partial charge >= 0.3 is 0 Å². The van der Waals surface area contributed by atoms with Gasteiger partial charge in [-0.3, -0.25) is 9.48 Å². The van der Waals surface area contributed by atoms with Crippen molar-refractivity contribution in [3.8, 4) is 0 Å². The SMILES string of the molecule is CCOCC1CN(C(=O)c2cccc(F)c2)Cc2cnn(CC3CC3)c21. The van der Waals surface area contributed by atoms with Gasteiger partial charge in [-0.2, -0.15) is 5.10 Å². The van der Waals surface area contributed by atoms with Crippen molar-refractivity contribution in [3.05, 3.63) is 53.1 Å². The molecule has 1 aromatic carbocycles. The molecule has 0 radical (unpaired) electrons. The molecule has 2 aliphatic rings. The Kier molecular flexibility index (Phi) is 4.76. The summed E-state index contributed by atoms with van der Waals surface area (Å²) in [6.07, 6.45) is 4.42. The summed E-state index contributed by atoms with van der Waals surface area (Å²) in [5, 5.41) is 4.58. The number of aromatic nitrogens is 2. The number of hydrogen-bond acceptors (Lipinski definition) is 3. The molecule has 4 rings (SSSR count). The minimum Gasteiger partial charge on any atom is -0.381 e. The molecule has 2 heterocycles. The third-order valence-electron chi connectivity index (χ3n) is 5.16. The van der Waals surface area contributed by atoms with Crippen LogP contribution in [0.25, 0.3) is 0 Å². The highest BCUT2D eigenvalue weighted by atomic mass is 19.1. The molecule has 2 aromatic rings.